The number of halogens is 2. The first-order valence-electron chi connectivity index (χ1n) is 14.4. The van der Waals surface area contributed by atoms with E-state index in [0.717, 1.165) is 36.3 Å². The summed E-state index contributed by atoms with van der Waals surface area (Å²) in [6.45, 7) is 1.80. The van der Waals surface area contributed by atoms with Crippen LogP contribution in [0, 0.1) is 5.92 Å². The van der Waals surface area contributed by atoms with Crippen LogP contribution in [0.1, 0.15) is 59.6 Å². The van der Waals surface area contributed by atoms with Crippen LogP contribution in [0.25, 0.3) is 11.3 Å². The van der Waals surface area contributed by atoms with Crippen LogP contribution >= 0.6 is 23.2 Å². The molecule has 2 aliphatic heterocycles. The van der Waals surface area contributed by atoms with Crippen LogP contribution in [0.5, 0.6) is 0 Å². The number of carbonyl (C=O) groups excluding carboxylic acids is 1. The van der Waals surface area contributed by atoms with Crippen molar-refractivity contribution in [2.45, 2.75) is 62.0 Å². The van der Waals surface area contributed by atoms with Crippen LogP contribution in [0.15, 0.2) is 42.5 Å². The highest BCUT2D eigenvalue weighted by Gasteiger charge is 2.45. The van der Waals surface area contributed by atoms with Crippen molar-refractivity contribution in [3.63, 3.8) is 0 Å². The van der Waals surface area contributed by atoms with E-state index in [9.17, 15) is 13.2 Å². The molecule has 3 heterocycles. The molecular weight excluding hydrogens is 599 g/mol. The van der Waals surface area contributed by atoms with Gasteiger partial charge in [-0.25, -0.2) is 13.1 Å². The monoisotopic (exact) mass is 630 g/mol. The molecule has 2 aromatic carbocycles. The Kier molecular flexibility index (Phi) is 7.47. The molecule has 1 unspecified atom stereocenters. The number of hydrogen-bond donors (Lipinski definition) is 2. The third kappa shape index (κ3) is 5.55. The zero-order valence-electron chi connectivity index (χ0n) is 22.9. The summed E-state index contributed by atoms with van der Waals surface area (Å²) in [5.74, 6) is 0.355. The van der Waals surface area contributed by atoms with Gasteiger partial charge in [-0.05, 0) is 86.1 Å². The first-order valence-corrected chi connectivity index (χ1v) is 16.7. The van der Waals surface area contributed by atoms with Gasteiger partial charge in [-0.2, -0.15) is 5.10 Å². The maximum Gasteiger partial charge on any atom is 0.264 e. The molecule has 2 aliphatic carbocycles. The van der Waals surface area contributed by atoms with Crippen molar-refractivity contribution < 1.29 is 22.7 Å². The molecule has 2 saturated heterocycles. The smallest absolute Gasteiger partial charge is 0.264 e. The molecule has 9 nitrogen and oxygen atoms in total. The Hall–Kier alpha value is -2.63. The number of aromatic amines is 1. The van der Waals surface area contributed by atoms with Crippen molar-refractivity contribution in [1.82, 2.24) is 14.9 Å². The molecule has 0 spiro atoms. The molecule has 4 atom stereocenters. The second-order valence-electron chi connectivity index (χ2n) is 11.8. The number of H-pyrrole nitrogens is 1. The average molecular weight is 632 g/mol. The lowest BCUT2D eigenvalue weighted by Gasteiger charge is -2.33. The summed E-state index contributed by atoms with van der Waals surface area (Å²) >= 11 is 13.2. The van der Waals surface area contributed by atoms with Crippen LogP contribution in [-0.4, -0.2) is 61.7 Å². The summed E-state index contributed by atoms with van der Waals surface area (Å²) in [7, 11) is -3.76. The molecule has 2 N–H and O–H groups in total. The predicted octanol–water partition coefficient (Wildman–Crippen LogP) is 5.29. The van der Waals surface area contributed by atoms with Gasteiger partial charge < -0.3 is 14.4 Å². The van der Waals surface area contributed by atoms with Gasteiger partial charge in [0.1, 0.15) is 5.25 Å². The van der Waals surface area contributed by atoms with Crippen LogP contribution < -0.4 is 9.62 Å². The van der Waals surface area contributed by atoms with Gasteiger partial charge >= 0.3 is 0 Å². The zero-order chi connectivity index (χ0) is 29.0. The van der Waals surface area contributed by atoms with Crippen LogP contribution in [0.2, 0.25) is 10.0 Å². The molecule has 12 heteroatoms. The Morgan fingerprint density at radius 3 is 2.50 bits per heavy atom. The number of amides is 1. The van der Waals surface area contributed by atoms with Crippen molar-refractivity contribution in [2.24, 2.45) is 5.92 Å². The molecule has 4 fully saturated rings. The Bertz CT molecular complexity index is 1580. The summed E-state index contributed by atoms with van der Waals surface area (Å²) < 4.78 is 38.5. The van der Waals surface area contributed by atoms with Crippen molar-refractivity contribution in [3.8, 4) is 11.3 Å². The Morgan fingerprint density at radius 2 is 1.86 bits per heavy atom. The van der Waals surface area contributed by atoms with Gasteiger partial charge in [0.15, 0.2) is 0 Å². The first-order chi connectivity index (χ1) is 20.2. The number of rotatable bonds is 9. The van der Waals surface area contributed by atoms with Crippen molar-refractivity contribution in [1.29, 1.82) is 0 Å². The van der Waals surface area contributed by atoms with E-state index >= 15 is 0 Å². The molecule has 2 saturated carbocycles. The van der Waals surface area contributed by atoms with E-state index < -0.39 is 21.2 Å². The van der Waals surface area contributed by atoms with Gasteiger partial charge in [-0.3, -0.25) is 9.89 Å². The average Bonchev–Trinajstić information content (AvgIpc) is 3.37. The fourth-order valence-corrected chi connectivity index (χ4v) is 8.43. The lowest BCUT2D eigenvalue weighted by Crippen LogP contribution is -2.39. The second-order valence-corrected chi connectivity index (χ2v) is 14.6. The van der Waals surface area contributed by atoms with E-state index in [1.54, 1.807) is 12.1 Å². The number of hydrogen-bond acceptors (Lipinski definition) is 7. The van der Waals surface area contributed by atoms with Crippen molar-refractivity contribution in [3.05, 3.63) is 69.3 Å². The third-order valence-corrected chi connectivity index (χ3v) is 11.3. The minimum Gasteiger partial charge on any atom is -0.380 e. The number of nitrogens with zero attached hydrogens (tertiary/aromatic N) is 2. The van der Waals surface area contributed by atoms with Gasteiger partial charge in [0.2, 0.25) is 10.0 Å². The molecule has 222 valence electrons. The van der Waals surface area contributed by atoms with E-state index in [2.05, 4.69) is 19.8 Å². The molecular formula is C30H32Cl2N4O5S. The summed E-state index contributed by atoms with van der Waals surface area (Å²) in [6, 6.07) is 13.4. The number of piperidine rings is 1. The molecule has 1 amide bonds. The van der Waals surface area contributed by atoms with E-state index in [1.165, 1.54) is 18.4 Å². The Morgan fingerprint density at radius 1 is 1.10 bits per heavy atom. The van der Waals surface area contributed by atoms with E-state index in [0.29, 0.717) is 58.8 Å². The summed E-state index contributed by atoms with van der Waals surface area (Å²) in [5.41, 5.74) is 4.86. The minimum atomic E-state index is -3.76. The van der Waals surface area contributed by atoms with Gasteiger partial charge in [0.05, 0.1) is 40.8 Å². The predicted molar refractivity (Wildman–Crippen MR) is 161 cm³/mol. The number of nitrogens with one attached hydrogen (secondary N) is 2. The number of fused-ring (bicyclic) bond motifs is 2. The quantitative estimate of drug-likeness (QED) is 0.330. The summed E-state index contributed by atoms with van der Waals surface area (Å²) in [5, 5.41) is 8.08. The Labute approximate surface area is 254 Å². The van der Waals surface area contributed by atoms with Crippen LogP contribution in [-0.2, 0) is 26.1 Å². The molecule has 0 radical (unpaired) electrons. The zero-order valence-corrected chi connectivity index (χ0v) is 25.2. The van der Waals surface area contributed by atoms with E-state index in [1.807, 2.05) is 30.3 Å². The van der Waals surface area contributed by atoms with Gasteiger partial charge in [-0.15, -0.1) is 0 Å². The Balaban J connectivity index is 0.931. The second kappa shape index (κ2) is 11.1. The number of benzene rings is 2. The number of ether oxygens (including phenoxy) is 2. The number of aromatic nitrogens is 2. The van der Waals surface area contributed by atoms with Crippen LogP contribution in [0.3, 0.4) is 0 Å². The topological polar surface area (TPSA) is 114 Å². The van der Waals surface area contributed by atoms with Gasteiger partial charge in [0, 0.05) is 41.9 Å². The molecule has 7 rings (SSSR count). The highest BCUT2D eigenvalue weighted by Crippen LogP contribution is 2.45. The standard InChI is InChI=1S/C30H32Cl2N4O5S/c31-25-10-19(17-1-2-17)11-26(32)29(25)27-12-21(33-34-27)15-41-28-13-23-9-20(28)14-36(23)22-5-3-18(4-6-22)30(37)35-42(38,39)24-7-8-40-16-24/h3-6,10-12,17,20,23-24,28H,1-2,7-9,13-16H2,(H,33,34)(H,35,37)/t20-,23-,24?,28+/m0/s1. The maximum atomic E-state index is 12.6. The van der Waals surface area contributed by atoms with Crippen LogP contribution in [0.4, 0.5) is 5.69 Å². The molecule has 2 bridgehead atoms. The lowest BCUT2D eigenvalue weighted by atomic mass is 10.0. The number of sulfonamides is 1. The molecule has 42 heavy (non-hydrogen) atoms. The summed E-state index contributed by atoms with van der Waals surface area (Å²) in [6.07, 6.45) is 4.88. The SMILES string of the molecule is O=C(NS(=O)(=O)C1CCOC1)c1ccc(N2C[C@@H]3C[C@H]2C[C@H]3OCc2cc(-c3c(Cl)cc(C4CC4)cc3Cl)n[nH]2)cc1. The first kappa shape index (κ1) is 28.2. The number of carbonyl (C=O) groups is 1. The van der Waals surface area contributed by atoms with E-state index in [-0.39, 0.29) is 12.7 Å². The highest BCUT2D eigenvalue weighted by atomic mass is 35.5. The van der Waals surface area contributed by atoms with Gasteiger partial charge in [-0.1, -0.05) is 23.2 Å². The lowest BCUT2D eigenvalue weighted by molar-refractivity contribution is 0.0111. The molecule has 1 aromatic heterocycles. The third-order valence-electron chi connectivity index (χ3n) is 8.95. The fraction of sp³-hybridized carbons (Fsp3) is 0.467. The maximum absolute atomic E-state index is 12.6. The normalized spacial score (nSPS) is 25.3. The molecule has 3 aromatic rings. The van der Waals surface area contributed by atoms with Crippen molar-refractivity contribution >= 4 is 44.8 Å². The van der Waals surface area contributed by atoms with E-state index in [4.69, 9.17) is 32.7 Å². The summed E-state index contributed by atoms with van der Waals surface area (Å²) in [4.78, 5) is 14.9. The largest absolute Gasteiger partial charge is 0.380 e. The highest BCUT2D eigenvalue weighted by molar-refractivity contribution is 7.90. The van der Waals surface area contributed by atoms with Crippen molar-refractivity contribution in [2.75, 3.05) is 24.7 Å². The molecule has 4 aliphatic rings. The minimum absolute atomic E-state index is 0.116. The number of anilines is 1. The fourth-order valence-electron chi connectivity index (χ4n) is 6.51. The van der Waals surface area contributed by atoms with Gasteiger partial charge in [0.25, 0.3) is 5.91 Å².